The van der Waals surface area contributed by atoms with Crippen LogP contribution in [0.5, 0.6) is 0 Å². The summed E-state index contributed by atoms with van der Waals surface area (Å²) in [6.45, 7) is 0. The predicted octanol–water partition coefficient (Wildman–Crippen LogP) is 6.08. The number of carbonyl (C=O) groups excluding carboxylic acids is 1. The number of thiazole rings is 1. The molecule has 5 rings (SSSR count). The second kappa shape index (κ2) is 7.10. The van der Waals surface area contributed by atoms with Crippen molar-refractivity contribution in [2.75, 3.05) is 0 Å². The fourth-order valence-electron chi connectivity index (χ4n) is 2.80. The molecule has 2 aromatic heterocycles. The van der Waals surface area contributed by atoms with Gasteiger partial charge in [-0.3, -0.25) is 4.79 Å². The molecule has 0 unspecified atom stereocenters. The van der Waals surface area contributed by atoms with Gasteiger partial charge in [-0.05, 0) is 54.2 Å². The zero-order valence-electron chi connectivity index (χ0n) is 14.5. The summed E-state index contributed by atoms with van der Waals surface area (Å²) < 4.78 is 7.08. The maximum Gasteiger partial charge on any atom is 0.289 e. The number of hydrogen-bond donors (Lipinski definition) is 1. The highest BCUT2D eigenvalue weighted by molar-refractivity contribution is 8.18. The molecule has 0 radical (unpaired) electrons. The van der Waals surface area contributed by atoms with Crippen molar-refractivity contribution in [3.8, 4) is 10.8 Å². The van der Waals surface area contributed by atoms with E-state index in [2.05, 4.69) is 15.3 Å². The normalized spacial score (nSPS) is 16.9. The van der Waals surface area contributed by atoms with E-state index in [0.29, 0.717) is 17.4 Å². The second-order valence-electron chi connectivity index (χ2n) is 6.01. The number of hydrogen-bond acceptors (Lipinski definition) is 6. The van der Waals surface area contributed by atoms with E-state index >= 15 is 0 Å². The summed E-state index contributed by atoms with van der Waals surface area (Å²) in [6, 6.07) is 21.3. The topological polar surface area (TPSA) is 67.5 Å². The van der Waals surface area contributed by atoms with Crippen LogP contribution in [-0.4, -0.2) is 16.1 Å². The largest absolute Gasteiger partial charge is 0.454 e. The van der Waals surface area contributed by atoms with Crippen molar-refractivity contribution in [3.05, 3.63) is 77.4 Å². The number of nitrogens with zero attached hydrogens (tertiary/aromatic N) is 2. The van der Waals surface area contributed by atoms with E-state index in [4.69, 9.17) is 4.42 Å². The number of benzene rings is 2. The molecule has 0 spiro atoms. The SMILES string of the molecule is O=C1NC(=Nc2ccccc2)/C(=C/c2ccc(-c3nc4ccccc4s3)o2)S1. The number of fused-ring (bicyclic) bond motifs is 1. The van der Waals surface area contributed by atoms with E-state index in [1.807, 2.05) is 72.8 Å². The van der Waals surface area contributed by atoms with Gasteiger partial charge in [-0.1, -0.05) is 30.3 Å². The number of para-hydroxylation sites is 2. The molecule has 4 aromatic rings. The highest BCUT2D eigenvalue weighted by Gasteiger charge is 2.24. The first kappa shape index (κ1) is 17.0. The van der Waals surface area contributed by atoms with Crippen LogP contribution in [0.2, 0.25) is 0 Å². The lowest BCUT2D eigenvalue weighted by Crippen LogP contribution is -2.18. The van der Waals surface area contributed by atoms with Gasteiger partial charge in [0.15, 0.2) is 10.8 Å². The van der Waals surface area contributed by atoms with Crippen LogP contribution < -0.4 is 5.32 Å². The highest BCUT2D eigenvalue weighted by Crippen LogP contribution is 2.33. The minimum absolute atomic E-state index is 0.154. The summed E-state index contributed by atoms with van der Waals surface area (Å²) in [6.07, 6.45) is 1.82. The van der Waals surface area contributed by atoms with Gasteiger partial charge in [0.1, 0.15) is 11.6 Å². The first-order valence-corrected chi connectivity index (χ1v) is 10.2. The van der Waals surface area contributed by atoms with Gasteiger partial charge in [-0.15, -0.1) is 11.3 Å². The van der Waals surface area contributed by atoms with Crippen molar-refractivity contribution in [1.82, 2.24) is 10.3 Å². The number of thioether (sulfide) groups is 1. The maximum absolute atomic E-state index is 11.9. The van der Waals surface area contributed by atoms with Gasteiger partial charge < -0.3 is 9.73 Å². The fourth-order valence-corrected chi connectivity index (χ4v) is 4.44. The Balaban J connectivity index is 1.47. The van der Waals surface area contributed by atoms with Gasteiger partial charge in [0, 0.05) is 0 Å². The van der Waals surface area contributed by atoms with Gasteiger partial charge >= 0.3 is 0 Å². The number of amidine groups is 1. The molecule has 1 aliphatic heterocycles. The standard InChI is InChI=1S/C21H13N3O2S2/c25-21-24-19(22-13-6-2-1-3-7-13)18(28-21)12-14-10-11-16(26-14)20-23-15-8-4-5-9-17(15)27-20/h1-12H,(H,22,24,25)/b18-12-. The summed E-state index contributed by atoms with van der Waals surface area (Å²) in [5.74, 6) is 1.88. The number of furan rings is 1. The lowest BCUT2D eigenvalue weighted by Gasteiger charge is -1.98. The Morgan fingerprint density at radius 1 is 1.00 bits per heavy atom. The first-order valence-electron chi connectivity index (χ1n) is 8.55. The molecular weight excluding hydrogens is 390 g/mol. The highest BCUT2D eigenvalue weighted by atomic mass is 32.2. The molecule has 0 aliphatic carbocycles. The van der Waals surface area contributed by atoms with Gasteiger partial charge in [-0.2, -0.15) is 0 Å². The summed E-state index contributed by atoms with van der Waals surface area (Å²) in [5.41, 5.74) is 1.73. The van der Waals surface area contributed by atoms with Crippen molar-refractivity contribution in [1.29, 1.82) is 0 Å². The molecule has 1 amide bonds. The van der Waals surface area contributed by atoms with Crippen LogP contribution >= 0.6 is 23.1 Å². The number of nitrogens with one attached hydrogen (secondary N) is 1. The maximum atomic E-state index is 11.9. The van der Waals surface area contributed by atoms with Gasteiger partial charge in [0.25, 0.3) is 5.24 Å². The molecule has 0 saturated carbocycles. The van der Waals surface area contributed by atoms with E-state index in [1.165, 1.54) is 0 Å². The van der Waals surface area contributed by atoms with Crippen molar-refractivity contribution in [2.24, 2.45) is 4.99 Å². The molecular formula is C21H13N3O2S2. The van der Waals surface area contributed by atoms with Crippen LogP contribution in [0.4, 0.5) is 10.5 Å². The predicted molar refractivity (Wildman–Crippen MR) is 115 cm³/mol. The van der Waals surface area contributed by atoms with Crippen LogP contribution in [0.15, 0.2) is 81.0 Å². The number of aromatic nitrogens is 1. The quantitative estimate of drug-likeness (QED) is 0.450. The number of amides is 1. The van der Waals surface area contributed by atoms with Crippen LogP contribution in [-0.2, 0) is 0 Å². The van der Waals surface area contributed by atoms with E-state index in [-0.39, 0.29) is 5.24 Å². The number of carbonyl (C=O) groups is 1. The fraction of sp³-hybridized carbons (Fsp3) is 0. The lowest BCUT2D eigenvalue weighted by atomic mass is 10.3. The molecule has 1 N–H and O–H groups in total. The molecule has 5 nitrogen and oxygen atoms in total. The van der Waals surface area contributed by atoms with Gasteiger partial charge in [-0.25, -0.2) is 9.98 Å². The Morgan fingerprint density at radius 2 is 1.82 bits per heavy atom. The van der Waals surface area contributed by atoms with Crippen LogP contribution in [0.25, 0.3) is 27.1 Å². The minimum Gasteiger partial charge on any atom is -0.454 e. The van der Waals surface area contributed by atoms with E-state index in [0.717, 1.165) is 37.6 Å². The lowest BCUT2D eigenvalue weighted by molar-refractivity contribution is 0.265. The van der Waals surface area contributed by atoms with Crippen molar-refractivity contribution in [2.45, 2.75) is 0 Å². The van der Waals surface area contributed by atoms with Crippen molar-refractivity contribution in [3.63, 3.8) is 0 Å². The summed E-state index contributed by atoms with van der Waals surface area (Å²) in [5, 5.41) is 3.46. The molecule has 3 heterocycles. The van der Waals surface area contributed by atoms with E-state index in [1.54, 1.807) is 11.3 Å². The van der Waals surface area contributed by atoms with Crippen molar-refractivity contribution >= 4 is 56.2 Å². The third kappa shape index (κ3) is 3.37. The Kier molecular flexibility index (Phi) is 4.31. The van der Waals surface area contributed by atoms with E-state index < -0.39 is 0 Å². The van der Waals surface area contributed by atoms with Crippen LogP contribution in [0.3, 0.4) is 0 Å². The smallest absolute Gasteiger partial charge is 0.289 e. The first-order chi connectivity index (χ1) is 13.7. The molecule has 7 heteroatoms. The molecule has 2 aromatic carbocycles. The average Bonchev–Trinajstić information content (AvgIpc) is 3.41. The van der Waals surface area contributed by atoms with Crippen molar-refractivity contribution < 1.29 is 9.21 Å². The zero-order chi connectivity index (χ0) is 18.9. The molecule has 136 valence electrons. The summed E-state index contributed by atoms with van der Waals surface area (Å²) in [4.78, 5) is 21.7. The van der Waals surface area contributed by atoms with Gasteiger partial charge in [0.05, 0.1) is 20.8 Å². The minimum atomic E-state index is -0.154. The third-order valence-electron chi connectivity index (χ3n) is 4.06. The number of aliphatic imine (C=N–C) groups is 1. The molecule has 0 bridgehead atoms. The van der Waals surface area contributed by atoms with Crippen LogP contribution in [0.1, 0.15) is 5.76 Å². The molecule has 1 fully saturated rings. The van der Waals surface area contributed by atoms with Gasteiger partial charge in [0.2, 0.25) is 0 Å². The molecule has 1 saturated heterocycles. The Bertz CT molecular complexity index is 1210. The monoisotopic (exact) mass is 403 g/mol. The number of rotatable bonds is 3. The summed E-state index contributed by atoms with van der Waals surface area (Å²) in [7, 11) is 0. The average molecular weight is 403 g/mol. The second-order valence-corrected chi connectivity index (χ2v) is 8.05. The molecule has 0 atom stereocenters. The van der Waals surface area contributed by atoms with E-state index in [9.17, 15) is 4.79 Å². The van der Waals surface area contributed by atoms with Crippen LogP contribution in [0, 0.1) is 0 Å². The zero-order valence-corrected chi connectivity index (χ0v) is 16.1. The Labute approximate surface area is 168 Å². The third-order valence-corrected chi connectivity index (χ3v) is 5.93. The Morgan fingerprint density at radius 3 is 2.68 bits per heavy atom. The summed E-state index contributed by atoms with van der Waals surface area (Å²) >= 11 is 2.69. The molecule has 28 heavy (non-hydrogen) atoms. The molecule has 1 aliphatic rings. The Hall–Kier alpha value is -3.16.